The molecule has 3 aliphatic heterocycles. The highest BCUT2D eigenvalue weighted by Crippen LogP contribution is 2.46. The number of halogens is 6. The molecular weight excluding hydrogens is 569 g/mol. The summed E-state index contributed by atoms with van der Waals surface area (Å²) in [4.78, 5) is 16.4. The number of hydrogen-bond donors (Lipinski definition) is 2. The highest BCUT2D eigenvalue weighted by molar-refractivity contribution is 6.34. The lowest BCUT2D eigenvalue weighted by Gasteiger charge is -2.34. The Morgan fingerprint density at radius 3 is 2.44 bits per heavy atom. The number of alkyl halides is 3. The molecule has 3 aliphatic rings. The first-order chi connectivity index (χ1) is 19.4. The van der Waals surface area contributed by atoms with Crippen molar-refractivity contribution in [2.45, 2.75) is 56.9 Å². The van der Waals surface area contributed by atoms with Crippen LogP contribution in [0.15, 0.2) is 6.07 Å². The largest absolute Gasteiger partial charge is 0.462 e. The number of piperazine rings is 1. The topological polar surface area (TPSA) is 92.4 Å². The normalized spacial score (nSPS) is 23.1. The molecule has 2 bridgehead atoms. The summed E-state index contributed by atoms with van der Waals surface area (Å²) in [5.41, 5.74) is 1.86. The first kappa shape index (κ1) is 28.1. The summed E-state index contributed by atoms with van der Waals surface area (Å²) in [5.74, 6) is -2.62. The van der Waals surface area contributed by atoms with Crippen LogP contribution in [0.1, 0.15) is 36.8 Å². The lowest BCUT2D eigenvalue weighted by molar-refractivity contribution is -0.137. The maximum atomic E-state index is 16.4. The molecule has 8 nitrogen and oxygen atoms in total. The summed E-state index contributed by atoms with van der Waals surface area (Å²) in [6.45, 7) is 3.23. The van der Waals surface area contributed by atoms with E-state index in [0.29, 0.717) is 13.1 Å². The van der Waals surface area contributed by atoms with Gasteiger partial charge in [0, 0.05) is 31.2 Å². The average molecular weight is 598 g/mol. The minimum atomic E-state index is -4.94. The highest BCUT2D eigenvalue weighted by Gasteiger charge is 2.40. The average Bonchev–Trinajstić information content (AvgIpc) is 3.47. The van der Waals surface area contributed by atoms with Gasteiger partial charge in [0.2, 0.25) is 0 Å². The monoisotopic (exact) mass is 597 g/mol. The van der Waals surface area contributed by atoms with E-state index in [-0.39, 0.29) is 53.3 Å². The van der Waals surface area contributed by atoms with Crippen LogP contribution < -0.4 is 20.7 Å². The first-order valence-corrected chi connectivity index (χ1v) is 13.9. The number of nitrogens with two attached hydrogens (primary N) is 1. The van der Waals surface area contributed by atoms with Gasteiger partial charge in [0.25, 0.3) is 0 Å². The second-order valence-electron chi connectivity index (χ2n) is 11.1. The Hall–Kier alpha value is -3.03. The predicted molar refractivity (Wildman–Crippen MR) is 145 cm³/mol. The van der Waals surface area contributed by atoms with Gasteiger partial charge in [0.1, 0.15) is 23.8 Å². The van der Waals surface area contributed by atoms with Gasteiger partial charge in [-0.15, -0.1) is 0 Å². The zero-order valence-corrected chi connectivity index (χ0v) is 23.2. The lowest BCUT2D eigenvalue weighted by Crippen LogP contribution is -2.51. The summed E-state index contributed by atoms with van der Waals surface area (Å²) in [6.07, 6.45) is -1.22. The van der Waals surface area contributed by atoms with Gasteiger partial charge in [0.05, 0.1) is 27.2 Å². The second-order valence-corrected chi connectivity index (χ2v) is 11.5. The molecule has 2 unspecified atom stereocenters. The van der Waals surface area contributed by atoms with Crippen LogP contribution in [0, 0.1) is 18.6 Å². The number of fused-ring (bicyclic) bond motifs is 3. The molecule has 3 N–H and O–H groups in total. The van der Waals surface area contributed by atoms with Crippen molar-refractivity contribution in [3.05, 3.63) is 33.9 Å². The van der Waals surface area contributed by atoms with Crippen molar-refractivity contribution in [1.29, 1.82) is 0 Å². The van der Waals surface area contributed by atoms with Crippen LogP contribution in [0.2, 0.25) is 5.02 Å². The maximum absolute atomic E-state index is 16.4. The molecular formula is C27H29ClF5N7O. The molecule has 3 atom stereocenters. The van der Waals surface area contributed by atoms with Gasteiger partial charge in [-0.05, 0) is 57.8 Å². The van der Waals surface area contributed by atoms with E-state index in [4.69, 9.17) is 22.1 Å². The van der Waals surface area contributed by atoms with Gasteiger partial charge in [-0.3, -0.25) is 0 Å². The fourth-order valence-electron chi connectivity index (χ4n) is 6.29. The number of benzene rings is 1. The van der Waals surface area contributed by atoms with Gasteiger partial charge in [-0.1, -0.05) is 11.6 Å². The van der Waals surface area contributed by atoms with Crippen LogP contribution in [0.3, 0.4) is 0 Å². The number of likely N-dealkylation sites (tertiary alicyclic amines) is 1. The van der Waals surface area contributed by atoms with E-state index in [1.807, 2.05) is 11.9 Å². The Morgan fingerprint density at radius 2 is 1.80 bits per heavy atom. The van der Waals surface area contributed by atoms with Crippen molar-refractivity contribution in [3.63, 3.8) is 0 Å². The van der Waals surface area contributed by atoms with Gasteiger partial charge in [-0.25, -0.2) is 13.8 Å². The molecule has 0 aliphatic carbocycles. The number of ether oxygens (including phenoxy) is 1. The molecule has 0 spiro atoms. The van der Waals surface area contributed by atoms with Gasteiger partial charge >= 0.3 is 12.2 Å². The van der Waals surface area contributed by atoms with Crippen LogP contribution in [-0.4, -0.2) is 71.3 Å². The maximum Gasteiger partial charge on any atom is 0.418 e. The third-order valence-corrected chi connectivity index (χ3v) is 8.63. The van der Waals surface area contributed by atoms with Crippen molar-refractivity contribution in [1.82, 2.24) is 25.2 Å². The molecule has 6 rings (SSSR count). The SMILES string of the molecule is Cc1cc(N)nc(-c2c(Cl)c(F)c3c(N4CC5CCC(C4)N5)nc(OC[C@@H]4CCCN4C)nc3c2F)c1C(F)(F)F. The molecule has 3 fully saturated rings. The van der Waals surface area contributed by atoms with Gasteiger partial charge < -0.3 is 25.6 Å². The smallest absolute Gasteiger partial charge is 0.418 e. The van der Waals surface area contributed by atoms with Crippen molar-refractivity contribution in [2.75, 3.05) is 43.9 Å². The van der Waals surface area contributed by atoms with Crippen molar-refractivity contribution < 1.29 is 26.7 Å². The van der Waals surface area contributed by atoms with E-state index in [9.17, 15) is 13.2 Å². The summed E-state index contributed by atoms with van der Waals surface area (Å²) < 4.78 is 80.9. The van der Waals surface area contributed by atoms with Crippen LogP contribution in [-0.2, 0) is 6.18 Å². The number of rotatable bonds is 5. The highest BCUT2D eigenvalue weighted by atomic mass is 35.5. The minimum Gasteiger partial charge on any atom is -0.462 e. The molecule has 14 heteroatoms. The molecule has 0 radical (unpaired) electrons. The van der Waals surface area contributed by atoms with E-state index in [1.165, 1.54) is 6.92 Å². The Kier molecular flexibility index (Phi) is 7.10. The molecule has 3 saturated heterocycles. The molecule has 0 amide bonds. The van der Waals surface area contributed by atoms with Gasteiger partial charge in [-0.2, -0.15) is 23.1 Å². The summed E-state index contributed by atoms with van der Waals surface area (Å²) in [5, 5.41) is 2.30. The third-order valence-electron chi connectivity index (χ3n) is 8.28. The zero-order chi connectivity index (χ0) is 29.2. The standard InChI is InChI=1S/C27H29ClF5N7O/c1-12-8-16(34)36-23(19(12)27(31,32)33)17-20(28)21(29)18-24(22(17)30)37-26(41-11-15-4-3-7-39(15)2)38-25(18)40-9-13-5-6-14(10-40)35-13/h8,13-15,35H,3-7,9-11H2,1-2H3,(H2,34,36)/t13?,14?,15-/m0/s1. The Bertz CT molecular complexity index is 1510. The fourth-order valence-corrected chi connectivity index (χ4v) is 6.56. The van der Waals surface area contributed by atoms with E-state index >= 15 is 8.78 Å². The number of aromatic nitrogens is 3. The summed E-state index contributed by atoms with van der Waals surface area (Å²) >= 11 is 6.34. The number of likely N-dealkylation sites (N-methyl/N-ethyl adjacent to an activating group) is 1. The Balaban J connectivity index is 1.56. The van der Waals surface area contributed by atoms with Gasteiger partial charge in [0.15, 0.2) is 11.6 Å². The minimum absolute atomic E-state index is 0.0841. The Morgan fingerprint density at radius 1 is 1.10 bits per heavy atom. The van der Waals surface area contributed by atoms with Crippen LogP contribution >= 0.6 is 11.6 Å². The second kappa shape index (κ2) is 10.4. The number of pyridine rings is 1. The molecule has 2 aromatic heterocycles. The first-order valence-electron chi connectivity index (χ1n) is 13.5. The van der Waals surface area contributed by atoms with E-state index in [2.05, 4.69) is 25.2 Å². The molecule has 5 heterocycles. The lowest BCUT2D eigenvalue weighted by atomic mass is 9.98. The summed E-state index contributed by atoms with van der Waals surface area (Å²) in [7, 11) is 1.96. The van der Waals surface area contributed by atoms with E-state index in [1.54, 1.807) is 0 Å². The number of anilines is 2. The van der Waals surface area contributed by atoms with Crippen molar-refractivity contribution in [3.8, 4) is 17.3 Å². The van der Waals surface area contributed by atoms with E-state index < -0.39 is 45.2 Å². The van der Waals surface area contributed by atoms with Crippen LogP contribution in [0.4, 0.5) is 33.6 Å². The number of hydrogen-bond acceptors (Lipinski definition) is 8. The van der Waals surface area contributed by atoms with E-state index in [0.717, 1.165) is 38.3 Å². The molecule has 220 valence electrons. The fraction of sp³-hybridized carbons (Fsp3) is 0.519. The summed E-state index contributed by atoms with van der Waals surface area (Å²) in [6, 6.07) is 1.17. The molecule has 1 aromatic carbocycles. The number of nitrogens with zero attached hydrogens (tertiary/aromatic N) is 5. The quantitative estimate of drug-likeness (QED) is 0.316. The molecule has 3 aromatic rings. The van der Waals surface area contributed by atoms with Crippen LogP contribution in [0.25, 0.3) is 22.2 Å². The van der Waals surface area contributed by atoms with Crippen molar-refractivity contribution >= 4 is 34.1 Å². The predicted octanol–water partition coefficient (Wildman–Crippen LogP) is 4.95. The van der Waals surface area contributed by atoms with Crippen LogP contribution in [0.5, 0.6) is 6.01 Å². The number of aryl methyl sites for hydroxylation is 1. The number of nitrogens with one attached hydrogen (secondary N) is 1. The van der Waals surface area contributed by atoms with Crippen molar-refractivity contribution in [2.24, 2.45) is 0 Å². The third kappa shape index (κ3) is 5.01. The Labute approximate surface area is 238 Å². The zero-order valence-electron chi connectivity index (χ0n) is 22.5. The number of nitrogen functional groups attached to an aromatic ring is 1. The molecule has 41 heavy (non-hydrogen) atoms. The molecule has 0 saturated carbocycles.